The average molecular weight is 296 g/mol. The number of carbonyl (C=O) groups is 1. The van der Waals surface area contributed by atoms with Crippen LogP contribution in [0.5, 0.6) is 0 Å². The number of hydrogen-bond acceptors (Lipinski definition) is 3. The summed E-state index contributed by atoms with van der Waals surface area (Å²) in [6.45, 7) is 12.1. The van der Waals surface area contributed by atoms with Crippen molar-refractivity contribution < 1.29 is 9.53 Å². The summed E-state index contributed by atoms with van der Waals surface area (Å²) in [6.07, 6.45) is 5.86. The van der Waals surface area contributed by atoms with Gasteiger partial charge in [0.25, 0.3) is 0 Å². The number of rotatable bonds is 2. The minimum atomic E-state index is -0.410. The van der Waals surface area contributed by atoms with Crippen LogP contribution in [0.1, 0.15) is 66.7 Å². The maximum Gasteiger partial charge on any atom is 0.410 e. The quantitative estimate of drug-likeness (QED) is 0.847. The Morgan fingerprint density at radius 3 is 2.52 bits per heavy atom. The van der Waals surface area contributed by atoms with Crippen LogP contribution in [0.25, 0.3) is 0 Å². The van der Waals surface area contributed by atoms with Gasteiger partial charge in [0.2, 0.25) is 0 Å². The normalized spacial score (nSPS) is 29.5. The van der Waals surface area contributed by atoms with Crippen molar-refractivity contribution in [3.05, 3.63) is 0 Å². The molecule has 1 saturated carbocycles. The summed E-state index contributed by atoms with van der Waals surface area (Å²) in [6, 6.07) is 1.04. The Kier molecular flexibility index (Phi) is 4.86. The van der Waals surface area contributed by atoms with E-state index in [1.165, 1.54) is 19.3 Å². The zero-order valence-corrected chi connectivity index (χ0v) is 14.4. The lowest BCUT2D eigenvalue weighted by atomic mass is 9.91. The zero-order valence-electron chi connectivity index (χ0n) is 14.4. The van der Waals surface area contributed by atoms with Crippen LogP contribution in [-0.4, -0.2) is 41.8 Å². The minimum absolute atomic E-state index is 0.166. The summed E-state index contributed by atoms with van der Waals surface area (Å²) < 4.78 is 5.49. The van der Waals surface area contributed by atoms with Crippen molar-refractivity contribution in [1.29, 1.82) is 0 Å². The molecular formula is C17H32N2O2. The zero-order chi connectivity index (χ0) is 15.7. The molecule has 4 nitrogen and oxygen atoms in total. The molecule has 2 aliphatic rings. The van der Waals surface area contributed by atoms with Gasteiger partial charge >= 0.3 is 6.09 Å². The highest BCUT2D eigenvalue weighted by molar-refractivity contribution is 5.68. The number of ether oxygens (including phenoxy) is 1. The number of likely N-dealkylation sites (tertiary alicyclic amines) is 1. The standard InChI is InChI=1S/C17H32N2O2/c1-16(2,3)21-15(20)19-10-6-7-14(12-19)18-13-8-9-17(4,5)11-13/h13-14,18H,6-12H2,1-5H3. The van der Waals surface area contributed by atoms with Crippen LogP contribution in [-0.2, 0) is 4.74 Å². The van der Waals surface area contributed by atoms with E-state index >= 15 is 0 Å². The number of nitrogens with zero attached hydrogens (tertiary/aromatic N) is 1. The van der Waals surface area contributed by atoms with Gasteiger partial charge in [-0.1, -0.05) is 13.8 Å². The predicted octanol–water partition coefficient (Wildman–Crippen LogP) is 3.55. The number of amides is 1. The number of hydrogen-bond donors (Lipinski definition) is 1. The van der Waals surface area contributed by atoms with Gasteiger partial charge < -0.3 is 15.0 Å². The second-order valence-corrected chi connectivity index (χ2v) is 8.54. The lowest BCUT2D eigenvalue weighted by molar-refractivity contribution is 0.0183. The molecule has 2 fully saturated rings. The fourth-order valence-corrected chi connectivity index (χ4v) is 3.52. The Bertz CT molecular complexity index is 373. The molecule has 21 heavy (non-hydrogen) atoms. The van der Waals surface area contributed by atoms with E-state index in [9.17, 15) is 4.79 Å². The summed E-state index contributed by atoms with van der Waals surface area (Å²) in [5, 5.41) is 3.77. The Morgan fingerprint density at radius 2 is 1.95 bits per heavy atom. The number of piperidine rings is 1. The van der Waals surface area contributed by atoms with Gasteiger partial charge in [-0.25, -0.2) is 4.79 Å². The molecule has 2 unspecified atom stereocenters. The summed E-state index contributed by atoms with van der Waals surface area (Å²) >= 11 is 0. The Balaban J connectivity index is 1.82. The molecule has 0 radical (unpaired) electrons. The molecule has 0 aromatic heterocycles. The van der Waals surface area contributed by atoms with E-state index < -0.39 is 5.60 Å². The predicted molar refractivity (Wildman–Crippen MR) is 85.4 cm³/mol. The maximum atomic E-state index is 12.2. The van der Waals surface area contributed by atoms with Crippen molar-refractivity contribution in [3.63, 3.8) is 0 Å². The Hall–Kier alpha value is -0.770. The van der Waals surface area contributed by atoms with Crippen molar-refractivity contribution in [2.24, 2.45) is 5.41 Å². The molecule has 1 aliphatic heterocycles. The van der Waals surface area contributed by atoms with Gasteiger partial charge in [-0.05, 0) is 58.3 Å². The molecule has 122 valence electrons. The smallest absolute Gasteiger partial charge is 0.410 e. The van der Waals surface area contributed by atoms with Gasteiger partial charge in [-0.15, -0.1) is 0 Å². The van der Waals surface area contributed by atoms with Crippen LogP contribution in [0, 0.1) is 5.41 Å². The number of nitrogens with one attached hydrogen (secondary N) is 1. The van der Waals surface area contributed by atoms with E-state index in [-0.39, 0.29) is 6.09 Å². The van der Waals surface area contributed by atoms with E-state index in [0.717, 1.165) is 25.9 Å². The van der Waals surface area contributed by atoms with Gasteiger partial charge in [0.05, 0.1) is 0 Å². The lowest BCUT2D eigenvalue weighted by Gasteiger charge is -2.35. The first-order chi connectivity index (χ1) is 9.65. The molecule has 0 aromatic carbocycles. The molecule has 1 heterocycles. The van der Waals surface area contributed by atoms with E-state index in [1.54, 1.807) is 0 Å². The van der Waals surface area contributed by atoms with E-state index in [4.69, 9.17) is 4.74 Å². The fourth-order valence-electron chi connectivity index (χ4n) is 3.52. The van der Waals surface area contributed by atoms with Gasteiger partial charge in [0, 0.05) is 25.2 Å². The molecule has 0 bridgehead atoms. The molecule has 1 amide bonds. The van der Waals surface area contributed by atoms with Gasteiger partial charge in [0.15, 0.2) is 0 Å². The highest BCUT2D eigenvalue weighted by Gasteiger charge is 2.34. The van der Waals surface area contributed by atoms with Crippen LogP contribution in [0.4, 0.5) is 4.79 Å². The van der Waals surface area contributed by atoms with Gasteiger partial charge in [-0.2, -0.15) is 0 Å². The average Bonchev–Trinajstić information content (AvgIpc) is 2.67. The van der Waals surface area contributed by atoms with Crippen molar-refractivity contribution in [2.45, 2.75) is 84.4 Å². The summed E-state index contributed by atoms with van der Waals surface area (Å²) in [7, 11) is 0. The molecule has 2 rings (SSSR count). The second-order valence-electron chi connectivity index (χ2n) is 8.54. The van der Waals surface area contributed by atoms with Crippen LogP contribution >= 0.6 is 0 Å². The molecular weight excluding hydrogens is 264 g/mol. The topological polar surface area (TPSA) is 41.6 Å². The van der Waals surface area contributed by atoms with Crippen LogP contribution in [0.3, 0.4) is 0 Å². The number of carbonyl (C=O) groups excluding carboxylic acids is 1. The molecule has 2 atom stereocenters. The van der Waals surface area contributed by atoms with Gasteiger partial charge in [-0.3, -0.25) is 0 Å². The SMILES string of the molecule is CC1(C)CCC(NC2CCCN(C(=O)OC(C)(C)C)C2)C1. The van der Waals surface area contributed by atoms with Crippen molar-refractivity contribution in [2.75, 3.05) is 13.1 Å². The largest absolute Gasteiger partial charge is 0.444 e. The minimum Gasteiger partial charge on any atom is -0.444 e. The Morgan fingerprint density at radius 1 is 1.24 bits per heavy atom. The van der Waals surface area contributed by atoms with E-state index in [2.05, 4.69) is 19.2 Å². The van der Waals surface area contributed by atoms with Crippen LogP contribution < -0.4 is 5.32 Å². The van der Waals surface area contributed by atoms with Gasteiger partial charge in [0.1, 0.15) is 5.60 Å². The van der Waals surface area contributed by atoms with E-state index in [0.29, 0.717) is 17.5 Å². The highest BCUT2D eigenvalue weighted by atomic mass is 16.6. The molecule has 4 heteroatoms. The molecule has 1 N–H and O–H groups in total. The van der Waals surface area contributed by atoms with Crippen molar-refractivity contribution in [3.8, 4) is 0 Å². The molecule has 0 aromatic rings. The second kappa shape index (κ2) is 6.15. The summed E-state index contributed by atoms with van der Waals surface area (Å²) in [5.41, 5.74) is 0.0596. The first-order valence-electron chi connectivity index (χ1n) is 8.39. The lowest BCUT2D eigenvalue weighted by Crippen LogP contribution is -2.51. The summed E-state index contributed by atoms with van der Waals surface area (Å²) in [4.78, 5) is 14.0. The van der Waals surface area contributed by atoms with Crippen LogP contribution in [0.2, 0.25) is 0 Å². The first kappa shape index (κ1) is 16.6. The van der Waals surface area contributed by atoms with Crippen molar-refractivity contribution >= 4 is 6.09 Å². The molecule has 1 aliphatic carbocycles. The highest BCUT2D eigenvalue weighted by Crippen LogP contribution is 2.37. The summed E-state index contributed by atoms with van der Waals surface area (Å²) in [5.74, 6) is 0. The first-order valence-corrected chi connectivity index (χ1v) is 8.39. The monoisotopic (exact) mass is 296 g/mol. The molecule has 1 saturated heterocycles. The van der Waals surface area contributed by atoms with Crippen LogP contribution in [0.15, 0.2) is 0 Å². The fraction of sp³-hybridized carbons (Fsp3) is 0.941. The Labute approximate surface area is 129 Å². The third-order valence-electron chi connectivity index (χ3n) is 4.51. The third kappa shape index (κ3) is 5.17. The van der Waals surface area contributed by atoms with Crippen molar-refractivity contribution in [1.82, 2.24) is 10.2 Å². The van der Waals surface area contributed by atoms with E-state index in [1.807, 2.05) is 25.7 Å². The third-order valence-corrected chi connectivity index (χ3v) is 4.51. The molecule has 0 spiro atoms. The maximum absolute atomic E-state index is 12.2.